The summed E-state index contributed by atoms with van der Waals surface area (Å²) in [4.78, 5) is 34.5. The third kappa shape index (κ3) is 6.36. The molecule has 3 aliphatic heterocycles. The number of morpholine rings is 1. The zero-order valence-electron chi connectivity index (χ0n) is 27.8. The molecule has 7 rings (SSSR count). The van der Waals surface area contributed by atoms with Gasteiger partial charge >= 0.3 is 0 Å². The molecule has 10 atom stereocenters. The highest BCUT2D eigenvalue weighted by atomic mass is 19.1. The third-order valence-electron chi connectivity index (χ3n) is 12.4. The van der Waals surface area contributed by atoms with Crippen LogP contribution in [0.15, 0.2) is 42.1 Å². The highest BCUT2D eigenvalue weighted by Gasteiger charge is 2.59. The van der Waals surface area contributed by atoms with Crippen LogP contribution in [0, 0.1) is 17.8 Å². The minimum atomic E-state index is -1.22. The summed E-state index contributed by atoms with van der Waals surface area (Å²) in [6.45, 7) is 3.17. The van der Waals surface area contributed by atoms with Crippen molar-refractivity contribution in [2.24, 2.45) is 17.8 Å². The predicted octanol–water partition coefficient (Wildman–Crippen LogP) is 4.30. The highest BCUT2D eigenvalue weighted by Crippen LogP contribution is 2.50. The number of ketones is 1. The van der Waals surface area contributed by atoms with Gasteiger partial charge < -0.3 is 30.1 Å². The second kappa shape index (κ2) is 13.9. The molecule has 0 aromatic heterocycles. The van der Waals surface area contributed by atoms with Crippen molar-refractivity contribution in [1.82, 2.24) is 20.4 Å². The topological polar surface area (TPSA) is 77.2 Å². The number of hydrogen-bond donors (Lipinski definition) is 2. The quantitative estimate of drug-likeness (QED) is 0.293. The first-order chi connectivity index (χ1) is 22.4. The van der Waals surface area contributed by atoms with Crippen LogP contribution < -0.4 is 15.5 Å². The SMILES string of the molecule is CN(CCCNC1C(F)CC2C(=O)C(C(=O)NCCC3CCCN3C)=CN3C4CC5CCCCC5CC4OC1C23)c1ccccc1. The van der Waals surface area contributed by atoms with E-state index in [0.29, 0.717) is 31.0 Å². The maximum absolute atomic E-state index is 16.2. The fourth-order valence-electron chi connectivity index (χ4n) is 9.88. The molecule has 6 aliphatic rings. The van der Waals surface area contributed by atoms with Gasteiger partial charge in [0.2, 0.25) is 0 Å². The molecule has 8 nitrogen and oxygen atoms in total. The molecule has 1 amide bonds. The molecule has 252 valence electrons. The molecule has 0 radical (unpaired) electrons. The number of alkyl halides is 1. The van der Waals surface area contributed by atoms with E-state index >= 15 is 4.39 Å². The Bertz CT molecular complexity index is 1260. The number of carbonyl (C=O) groups is 2. The van der Waals surface area contributed by atoms with E-state index in [-0.39, 0.29) is 41.9 Å². The molecular formula is C37H54FN5O3. The van der Waals surface area contributed by atoms with Gasteiger partial charge in [0.15, 0.2) is 5.78 Å². The predicted molar refractivity (Wildman–Crippen MR) is 178 cm³/mol. The lowest BCUT2D eigenvalue weighted by atomic mass is 9.65. The van der Waals surface area contributed by atoms with Crippen LogP contribution in [0.1, 0.15) is 70.6 Å². The summed E-state index contributed by atoms with van der Waals surface area (Å²) in [6, 6.07) is 10.2. The van der Waals surface area contributed by atoms with Gasteiger partial charge in [-0.25, -0.2) is 4.39 Å². The number of para-hydroxylation sites is 1. The maximum Gasteiger partial charge on any atom is 0.256 e. The van der Waals surface area contributed by atoms with E-state index in [4.69, 9.17) is 4.74 Å². The molecule has 3 heterocycles. The lowest BCUT2D eigenvalue weighted by Gasteiger charge is -2.61. The first kappa shape index (κ1) is 32.1. The molecule has 5 fully saturated rings. The molecule has 2 N–H and O–H groups in total. The van der Waals surface area contributed by atoms with Crippen molar-refractivity contribution in [1.29, 1.82) is 0 Å². The van der Waals surface area contributed by atoms with Crippen molar-refractivity contribution in [3.63, 3.8) is 0 Å². The number of Topliss-reactive ketones (excluding diaryl/α,β-unsaturated/α-hetero) is 1. The van der Waals surface area contributed by atoms with E-state index in [1.807, 2.05) is 24.4 Å². The van der Waals surface area contributed by atoms with Crippen molar-refractivity contribution in [3.05, 3.63) is 42.1 Å². The molecule has 1 aromatic rings. The molecule has 46 heavy (non-hydrogen) atoms. The summed E-state index contributed by atoms with van der Waals surface area (Å²) >= 11 is 0. The van der Waals surface area contributed by atoms with E-state index in [0.717, 1.165) is 45.2 Å². The summed E-state index contributed by atoms with van der Waals surface area (Å²) in [5, 5.41) is 6.63. The lowest BCUT2D eigenvalue weighted by molar-refractivity contribution is -0.208. The van der Waals surface area contributed by atoms with Gasteiger partial charge in [-0.1, -0.05) is 43.9 Å². The zero-order chi connectivity index (χ0) is 31.8. The standard InChI is InChI=1S/C37H54FN5O3/c1-41-18-8-14-27(41)15-17-40-37(45)29-23-43-31-20-24-10-6-7-11-25(24)21-32(31)46-36-33(30(38)22-28(34(36)43)35(29)44)39-16-9-19-42(2)26-12-4-3-5-13-26/h3-5,12-13,23-25,27-28,30-34,36,39H,6-11,14-22H2,1-2H3,(H,40,45). The monoisotopic (exact) mass is 635 g/mol. The van der Waals surface area contributed by atoms with Crippen LogP contribution in [0.2, 0.25) is 0 Å². The molecule has 3 aliphatic carbocycles. The smallest absolute Gasteiger partial charge is 0.256 e. The number of likely N-dealkylation sites (tertiary alicyclic amines) is 1. The number of ether oxygens (including phenoxy) is 1. The molecule has 0 bridgehead atoms. The summed E-state index contributed by atoms with van der Waals surface area (Å²) in [5.41, 5.74) is 1.38. The Hall–Kier alpha value is -2.49. The molecule has 10 unspecified atom stereocenters. The average Bonchev–Trinajstić information content (AvgIpc) is 3.48. The molecule has 2 saturated heterocycles. The summed E-state index contributed by atoms with van der Waals surface area (Å²) in [7, 11) is 4.23. The second-order valence-corrected chi connectivity index (χ2v) is 15.1. The van der Waals surface area contributed by atoms with E-state index in [2.05, 4.69) is 51.6 Å². The van der Waals surface area contributed by atoms with Gasteiger partial charge in [0.1, 0.15) is 6.17 Å². The van der Waals surface area contributed by atoms with Crippen LogP contribution in [0.25, 0.3) is 0 Å². The maximum atomic E-state index is 16.2. The van der Waals surface area contributed by atoms with Crippen LogP contribution in [-0.4, -0.2) is 104 Å². The molecule has 1 aromatic carbocycles. The van der Waals surface area contributed by atoms with Crippen LogP contribution in [0.3, 0.4) is 0 Å². The zero-order valence-corrected chi connectivity index (χ0v) is 27.8. The first-order valence-electron chi connectivity index (χ1n) is 18.2. The van der Waals surface area contributed by atoms with E-state index in [1.54, 1.807) is 0 Å². The second-order valence-electron chi connectivity index (χ2n) is 15.1. The number of halogens is 1. The number of hydrogen-bond acceptors (Lipinski definition) is 7. The van der Waals surface area contributed by atoms with Crippen LogP contribution in [0.5, 0.6) is 0 Å². The Labute approximate surface area is 274 Å². The Morgan fingerprint density at radius 1 is 1.04 bits per heavy atom. The summed E-state index contributed by atoms with van der Waals surface area (Å²) in [5.74, 6) is 0.236. The Morgan fingerprint density at radius 3 is 2.59 bits per heavy atom. The van der Waals surface area contributed by atoms with Crippen molar-refractivity contribution in [3.8, 4) is 0 Å². The minimum absolute atomic E-state index is 0.00766. The van der Waals surface area contributed by atoms with Crippen LogP contribution in [0.4, 0.5) is 10.1 Å². The van der Waals surface area contributed by atoms with Gasteiger partial charge in [0, 0.05) is 44.0 Å². The summed E-state index contributed by atoms with van der Waals surface area (Å²) in [6.07, 6.45) is 11.5. The van der Waals surface area contributed by atoms with Crippen molar-refractivity contribution in [2.45, 2.75) is 113 Å². The van der Waals surface area contributed by atoms with E-state index in [9.17, 15) is 9.59 Å². The van der Waals surface area contributed by atoms with Gasteiger partial charge in [0.25, 0.3) is 5.91 Å². The normalized spacial score (nSPS) is 37.2. The number of rotatable bonds is 10. The fourth-order valence-corrected chi connectivity index (χ4v) is 9.88. The molecule has 3 saturated carbocycles. The van der Waals surface area contributed by atoms with Gasteiger partial charge in [-0.15, -0.1) is 0 Å². The van der Waals surface area contributed by atoms with Gasteiger partial charge in [-0.2, -0.15) is 0 Å². The molecule has 0 spiro atoms. The van der Waals surface area contributed by atoms with Gasteiger partial charge in [-0.05, 0) is 89.1 Å². The largest absolute Gasteiger partial charge is 0.375 e. The number of carbonyl (C=O) groups excluding carboxylic acids is 2. The van der Waals surface area contributed by atoms with Gasteiger partial charge in [0.05, 0.1) is 35.9 Å². The third-order valence-corrected chi connectivity index (χ3v) is 12.4. The minimum Gasteiger partial charge on any atom is -0.375 e. The lowest BCUT2D eigenvalue weighted by Crippen LogP contribution is -2.73. The van der Waals surface area contributed by atoms with Gasteiger partial charge in [-0.3, -0.25) is 9.59 Å². The number of fused-ring (bicyclic) bond motifs is 3. The van der Waals surface area contributed by atoms with Crippen molar-refractivity contribution in [2.75, 3.05) is 45.2 Å². The average molecular weight is 636 g/mol. The van der Waals surface area contributed by atoms with Crippen LogP contribution >= 0.6 is 0 Å². The number of nitrogens with one attached hydrogen (secondary N) is 2. The van der Waals surface area contributed by atoms with Crippen molar-refractivity contribution >= 4 is 17.4 Å². The highest BCUT2D eigenvalue weighted by molar-refractivity contribution is 6.20. The summed E-state index contributed by atoms with van der Waals surface area (Å²) < 4.78 is 23.2. The Balaban J connectivity index is 1.08. The number of nitrogens with zero attached hydrogens (tertiary/aromatic N) is 3. The number of amides is 1. The number of anilines is 1. The Morgan fingerprint density at radius 2 is 1.83 bits per heavy atom. The van der Waals surface area contributed by atoms with Crippen molar-refractivity contribution < 1.29 is 18.7 Å². The van der Waals surface area contributed by atoms with E-state index in [1.165, 1.54) is 37.8 Å². The van der Waals surface area contributed by atoms with Crippen LogP contribution in [-0.2, 0) is 14.3 Å². The first-order valence-corrected chi connectivity index (χ1v) is 18.2. The Kier molecular flexibility index (Phi) is 9.71. The number of benzene rings is 1. The fraction of sp³-hybridized carbons (Fsp3) is 0.730. The molecular weight excluding hydrogens is 581 g/mol. The van der Waals surface area contributed by atoms with E-state index < -0.39 is 24.2 Å². The molecule has 9 heteroatoms.